The predicted molar refractivity (Wildman–Crippen MR) is 125 cm³/mol. The molecular formula is C21H20N4O3S3. The molecule has 5 rings (SSSR count). The van der Waals surface area contributed by atoms with Crippen molar-refractivity contribution in [3.8, 4) is 0 Å². The van der Waals surface area contributed by atoms with Crippen molar-refractivity contribution in [2.75, 3.05) is 11.1 Å². The number of nitrogens with zero attached hydrogens (tertiary/aromatic N) is 3. The molecule has 1 amide bonds. The monoisotopic (exact) mass is 472 g/mol. The van der Waals surface area contributed by atoms with E-state index in [0.717, 1.165) is 47.2 Å². The first kappa shape index (κ1) is 20.5. The molecule has 10 heteroatoms. The number of thioether (sulfide) groups is 1. The summed E-state index contributed by atoms with van der Waals surface area (Å²) in [6.45, 7) is 2.17. The van der Waals surface area contributed by atoms with Crippen molar-refractivity contribution in [2.45, 2.75) is 44.3 Å². The molecule has 4 aromatic heterocycles. The fourth-order valence-electron chi connectivity index (χ4n) is 3.72. The molecule has 0 unspecified atom stereocenters. The molecule has 0 bridgehead atoms. The lowest BCUT2D eigenvalue weighted by atomic mass is 9.97. The van der Waals surface area contributed by atoms with Gasteiger partial charge in [-0.1, -0.05) is 11.8 Å². The summed E-state index contributed by atoms with van der Waals surface area (Å²) < 4.78 is 7.11. The quantitative estimate of drug-likeness (QED) is 0.329. The van der Waals surface area contributed by atoms with Crippen molar-refractivity contribution in [1.82, 2.24) is 14.5 Å². The van der Waals surface area contributed by atoms with Crippen molar-refractivity contribution in [1.29, 1.82) is 0 Å². The Morgan fingerprint density at radius 1 is 1.32 bits per heavy atom. The normalized spacial score (nSPS) is 13.5. The summed E-state index contributed by atoms with van der Waals surface area (Å²) in [5.74, 6) is 0.639. The van der Waals surface area contributed by atoms with Gasteiger partial charge in [0.1, 0.15) is 10.6 Å². The number of amides is 1. The molecule has 4 aromatic rings. The van der Waals surface area contributed by atoms with Crippen LogP contribution in [-0.4, -0.2) is 26.2 Å². The van der Waals surface area contributed by atoms with E-state index in [2.05, 4.69) is 10.3 Å². The second kappa shape index (κ2) is 8.60. The summed E-state index contributed by atoms with van der Waals surface area (Å²) in [5, 5.41) is 6.53. The van der Waals surface area contributed by atoms with Crippen molar-refractivity contribution in [3.63, 3.8) is 0 Å². The standard InChI is InChI=1S/C21H20N4O3S3/c1-12-10-29-20(22-12)23-16(26)11-30-21-24-18-17(14-6-2-3-7-15(14)31-18)19(27)25(21)9-13-5-4-8-28-13/h4-5,8,10H,2-3,6-7,9,11H2,1H3,(H,22,23,26). The molecule has 0 spiro atoms. The van der Waals surface area contributed by atoms with Gasteiger partial charge in [-0.15, -0.1) is 22.7 Å². The number of thiazole rings is 1. The third kappa shape index (κ3) is 4.19. The van der Waals surface area contributed by atoms with Gasteiger partial charge in [-0.25, -0.2) is 9.97 Å². The van der Waals surface area contributed by atoms with Crippen molar-refractivity contribution in [2.24, 2.45) is 0 Å². The number of carbonyl (C=O) groups excluding carboxylic acids is 1. The van der Waals surface area contributed by atoms with E-state index < -0.39 is 0 Å². The average Bonchev–Trinajstić information content (AvgIpc) is 3.48. The number of carbonyl (C=O) groups is 1. The maximum atomic E-state index is 13.5. The molecule has 0 aromatic carbocycles. The van der Waals surface area contributed by atoms with Gasteiger partial charge in [-0.05, 0) is 50.3 Å². The second-order valence-electron chi connectivity index (χ2n) is 7.39. The SMILES string of the molecule is Cc1csc(NC(=O)CSc2nc3sc4c(c3c(=O)n2Cc2ccco2)CCCC4)n1. The van der Waals surface area contributed by atoms with Gasteiger partial charge < -0.3 is 9.73 Å². The lowest BCUT2D eigenvalue weighted by molar-refractivity contribution is -0.113. The maximum absolute atomic E-state index is 13.5. The van der Waals surface area contributed by atoms with Crippen LogP contribution in [0.15, 0.2) is 38.1 Å². The Bertz CT molecular complexity index is 1300. The van der Waals surface area contributed by atoms with Gasteiger partial charge in [0.15, 0.2) is 10.3 Å². The van der Waals surface area contributed by atoms with Crippen LogP contribution in [0.25, 0.3) is 10.2 Å². The minimum atomic E-state index is -0.177. The van der Waals surface area contributed by atoms with E-state index in [0.29, 0.717) is 16.0 Å². The summed E-state index contributed by atoms with van der Waals surface area (Å²) in [7, 11) is 0. The van der Waals surface area contributed by atoms with Gasteiger partial charge in [-0.3, -0.25) is 14.2 Å². The number of anilines is 1. The fraction of sp³-hybridized carbons (Fsp3) is 0.333. The lowest BCUT2D eigenvalue weighted by Crippen LogP contribution is -2.25. The number of hydrogen-bond acceptors (Lipinski definition) is 8. The van der Waals surface area contributed by atoms with E-state index in [9.17, 15) is 9.59 Å². The number of nitrogens with one attached hydrogen (secondary N) is 1. The number of rotatable bonds is 6. The Kier molecular flexibility index (Phi) is 5.68. The van der Waals surface area contributed by atoms with Crippen molar-refractivity contribution < 1.29 is 9.21 Å². The van der Waals surface area contributed by atoms with Gasteiger partial charge in [0.05, 0.1) is 29.6 Å². The van der Waals surface area contributed by atoms with Gasteiger partial charge in [-0.2, -0.15) is 0 Å². The summed E-state index contributed by atoms with van der Waals surface area (Å²) in [4.78, 5) is 37.1. The first-order valence-electron chi connectivity index (χ1n) is 10.0. The van der Waals surface area contributed by atoms with E-state index in [1.54, 1.807) is 28.2 Å². The molecule has 0 atom stereocenters. The van der Waals surface area contributed by atoms with Crippen LogP contribution in [0.3, 0.4) is 0 Å². The smallest absolute Gasteiger partial charge is 0.263 e. The van der Waals surface area contributed by atoms with Crippen molar-refractivity contribution >= 4 is 55.7 Å². The number of thiophene rings is 1. The third-order valence-corrected chi connectivity index (χ3v) is 8.17. The number of aryl methyl sites for hydroxylation is 3. The summed E-state index contributed by atoms with van der Waals surface area (Å²) in [6, 6.07) is 3.64. The molecule has 0 fully saturated rings. The number of aromatic nitrogens is 3. The molecule has 0 saturated heterocycles. The van der Waals surface area contributed by atoms with E-state index in [1.807, 2.05) is 18.4 Å². The minimum absolute atomic E-state index is 0.0562. The van der Waals surface area contributed by atoms with Crippen LogP contribution in [0.1, 0.15) is 34.7 Å². The largest absolute Gasteiger partial charge is 0.467 e. The van der Waals surface area contributed by atoms with Crippen LogP contribution in [0.5, 0.6) is 0 Å². The molecule has 160 valence electrons. The Hall–Kier alpha value is -2.43. The van der Waals surface area contributed by atoms with E-state index in [-0.39, 0.29) is 23.8 Å². The molecule has 1 aliphatic carbocycles. The van der Waals surface area contributed by atoms with Gasteiger partial charge in [0.25, 0.3) is 5.56 Å². The topological polar surface area (TPSA) is 90.0 Å². The maximum Gasteiger partial charge on any atom is 0.263 e. The zero-order chi connectivity index (χ0) is 21.4. The average molecular weight is 473 g/mol. The molecule has 4 heterocycles. The number of furan rings is 1. The molecule has 0 aliphatic heterocycles. The molecule has 1 aliphatic rings. The zero-order valence-electron chi connectivity index (χ0n) is 16.8. The Balaban J connectivity index is 1.48. The van der Waals surface area contributed by atoms with E-state index in [4.69, 9.17) is 9.40 Å². The molecule has 0 saturated carbocycles. The molecule has 7 nitrogen and oxygen atoms in total. The third-order valence-electron chi connectivity index (χ3n) is 5.13. The Morgan fingerprint density at radius 3 is 2.97 bits per heavy atom. The van der Waals surface area contributed by atoms with Gasteiger partial charge in [0.2, 0.25) is 5.91 Å². The predicted octanol–water partition coefficient (Wildman–Crippen LogP) is 4.47. The highest BCUT2D eigenvalue weighted by Crippen LogP contribution is 2.34. The van der Waals surface area contributed by atoms with Crippen LogP contribution in [-0.2, 0) is 24.2 Å². The molecule has 1 N–H and O–H groups in total. The van der Waals surface area contributed by atoms with E-state index >= 15 is 0 Å². The number of fused-ring (bicyclic) bond motifs is 3. The summed E-state index contributed by atoms with van der Waals surface area (Å²) in [6.07, 6.45) is 5.78. The molecular weight excluding hydrogens is 452 g/mol. The Labute approximate surface area is 190 Å². The highest BCUT2D eigenvalue weighted by atomic mass is 32.2. The first-order chi connectivity index (χ1) is 15.1. The van der Waals surface area contributed by atoms with Crippen LogP contribution in [0.4, 0.5) is 5.13 Å². The van der Waals surface area contributed by atoms with Gasteiger partial charge in [0, 0.05) is 10.3 Å². The summed E-state index contributed by atoms with van der Waals surface area (Å²) in [5.41, 5.74) is 1.97. The van der Waals surface area contributed by atoms with Crippen LogP contribution < -0.4 is 10.9 Å². The molecule has 0 radical (unpaired) electrons. The molecule has 31 heavy (non-hydrogen) atoms. The first-order valence-corrected chi connectivity index (χ1v) is 12.7. The highest BCUT2D eigenvalue weighted by Gasteiger charge is 2.23. The number of hydrogen-bond donors (Lipinski definition) is 1. The highest BCUT2D eigenvalue weighted by molar-refractivity contribution is 7.99. The second-order valence-corrected chi connectivity index (χ2v) is 10.3. The van der Waals surface area contributed by atoms with Crippen LogP contribution in [0.2, 0.25) is 0 Å². The minimum Gasteiger partial charge on any atom is -0.467 e. The fourth-order valence-corrected chi connectivity index (χ4v) is 6.53. The zero-order valence-corrected chi connectivity index (χ0v) is 19.3. The summed E-state index contributed by atoms with van der Waals surface area (Å²) >= 11 is 4.27. The van der Waals surface area contributed by atoms with Crippen molar-refractivity contribution in [3.05, 3.63) is 56.0 Å². The van der Waals surface area contributed by atoms with Gasteiger partial charge >= 0.3 is 0 Å². The van der Waals surface area contributed by atoms with E-state index in [1.165, 1.54) is 28.0 Å². The van der Waals surface area contributed by atoms with Crippen LogP contribution in [0, 0.1) is 6.92 Å². The Morgan fingerprint density at radius 2 is 2.19 bits per heavy atom. The van der Waals surface area contributed by atoms with Crippen LogP contribution >= 0.6 is 34.4 Å². The lowest BCUT2D eigenvalue weighted by Gasteiger charge is -2.12.